The molecule has 0 bridgehead atoms. The van der Waals surface area contributed by atoms with Gasteiger partial charge in [0.15, 0.2) is 0 Å². The van der Waals surface area contributed by atoms with Crippen LogP contribution in [-0.2, 0) is 0 Å². The molecule has 0 aliphatic rings. The lowest BCUT2D eigenvalue weighted by atomic mass is 9.98. The van der Waals surface area contributed by atoms with Gasteiger partial charge in [-0.15, -0.1) is 0 Å². The Morgan fingerprint density at radius 1 is 0.375 bits per heavy atom. The largest absolute Gasteiger partial charge is 0.309 e. The van der Waals surface area contributed by atoms with Crippen LogP contribution in [0.4, 0.5) is 0 Å². The minimum Gasteiger partial charge on any atom is -0.309 e. The summed E-state index contributed by atoms with van der Waals surface area (Å²) in [6.45, 7) is 0. The van der Waals surface area contributed by atoms with Gasteiger partial charge < -0.3 is 9.13 Å². The number of nitriles is 2. The highest BCUT2D eigenvalue weighted by Gasteiger charge is 2.17. The summed E-state index contributed by atoms with van der Waals surface area (Å²) < 4.78 is 4.54. The molecule has 0 N–H and O–H groups in total. The first-order valence-electron chi connectivity index (χ1n) is 15.9. The molecule has 0 saturated carbocycles. The van der Waals surface area contributed by atoms with E-state index in [1.54, 1.807) is 0 Å². The Hall–Kier alpha value is -6.88. The molecular formula is C44H26N4. The maximum atomic E-state index is 9.87. The van der Waals surface area contributed by atoms with Crippen LogP contribution in [0.25, 0.3) is 77.2 Å². The molecule has 9 aromatic rings. The van der Waals surface area contributed by atoms with Crippen molar-refractivity contribution in [1.82, 2.24) is 9.13 Å². The topological polar surface area (TPSA) is 57.4 Å². The van der Waals surface area contributed by atoms with E-state index in [-0.39, 0.29) is 0 Å². The second-order valence-corrected chi connectivity index (χ2v) is 12.0. The molecule has 0 aliphatic heterocycles. The Labute approximate surface area is 277 Å². The van der Waals surface area contributed by atoms with E-state index in [0.717, 1.165) is 55.4 Å². The predicted molar refractivity (Wildman–Crippen MR) is 195 cm³/mol. The van der Waals surface area contributed by atoms with E-state index in [1.807, 2.05) is 48.5 Å². The van der Waals surface area contributed by atoms with E-state index in [9.17, 15) is 10.5 Å². The van der Waals surface area contributed by atoms with Gasteiger partial charge in [0.2, 0.25) is 0 Å². The molecule has 0 unspecified atom stereocenters. The van der Waals surface area contributed by atoms with Gasteiger partial charge in [0, 0.05) is 32.8 Å². The predicted octanol–water partition coefficient (Wildman–Crippen LogP) is 11.0. The third kappa shape index (κ3) is 4.22. The van der Waals surface area contributed by atoms with Crippen LogP contribution in [0.2, 0.25) is 0 Å². The molecule has 9 rings (SSSR count). The van der Waals surface area contributed by atoms with Gasteiger partial charge in [0.05, 0.1) is 51.0 Å². The first-order valence-corrected chi connectivity index (χ1v) is 15.9. The van der Waals surface area contributed by atoms with Crippen molar-refractivity contribution in [3.8, 4) is 45.8 Å². The van der Waals surface area contributed by atoms with Crippen molar-refractivity contribution in [3.63, 3.8) is 0 Å². The molecule has 0 radical (unpaired) electrons. The lowest BCUT2D eigenvalue weighted by Crippen LogP contribution is -1.98. The van der Waals surface area contributed by atoms with Crippen molar-refractivity contribution < 1.29 is 0 Å². The van der Waals surface area contributed by atoms with Gasteiger partial charge >= 0.3 is 0 Å². The molecule has 2 aromatic heterocycles. The summed E-state index contributed by atoms with van der Waals surface area (Å²) >= 11 is 0. The number of rotatable bonds is 4. The summed E-state index contributed by atoms with van der Waals surface area (Å²) in [6.07, 6.45) is 0. The first kappa shape index (κ1) is 27.4. The standard InChI is InChI=1S/C44H26N4/c45-27-29-14-24-43-39(25-29)38-9-3-6-12-42(38)48(43)44-26-30(28-46)13-23-35(44)33-17-15-31(16-18-33)32-19-21-34(22-20-32)47-40-10-4-1-7-36(40)37-8-2-5-11-41(37)47/h1-26H. The molecule has 48 heavy (non-hydrogen) atoms. The second kappa shape index (κ2) is 10.9. The summed E-state index contributed by atoms with van der Waals surface area (Å²) in [7, 11) is 0. The van der Waals surface area contributed by atoms with Crippen molar-refractivity contribution >= 4 is 43.6 Å². The molecule has 0 saturated heterocycles. The number of para-hydroxylation sites is 3. The van der Waals surface area contributed by atoms with Gasteiger partial charge in [-0.25, -0.2) is 0 Å². The Bertz CT molecular complexity index is 2730. The second-order valence-electron chi connectivity index (χ2n) is 12.0. The third-order valence-corrected chi connectivity index (χ3v) is 9.40. The van der Waals surface area contributed by atoms with Crippen LogP contribution >= 0.6 is 0 Å². The average Bonchev–Trinajstić information content (AvgIpc) is 3.67. The van der Waals surface area contributed by atoms with Crippen LogP contribution in [0.5, 0.6) is 0 Å². The van der Waals surface area contributed by atoms with Crippen LogP contribution in [0.15, 0.2) is 158 Å². The minimum absolute atomic E-state index is 0.591. The van der Waals surface area contributed by atoms with Crippen LogP contribution in [-0.4, -0.2) is 9.13 Å². The molecular weight excluding hydrogens is 585 g/mol. The van der Waals surface area contributed by atoms with Crippen LogP contribution in [0.1, 0.15) is 11.1 Å². The molecule has 0 spiro atoms. The Morgan fingerprint density at radius 2 is 0.833 bits per heavy atom. The van der Waals surface area contributed by atoms with Gasteiger partial charge in [0.25, 0.3) is 0 Å². The minimum atomic E-state index is 0.591. The summed E-state index contributed by atoms with van der Waals surface area (Å²) in [6, 6.07) is 59.1. The van der Waals surface area contributed by atoms with Crippen molar-refractivity contribution in [3.05, 3.63) is 169 Å². The third-order valence-electron chi connectivity index (χ3n) is 9.40. The average molecular weight is 611 g/mol. The highest BCUT2D eigenvalue weighted by Crippen LogP contribution is 2.38. The van der Waals surface area contributed by atoms with Crippen LogP contribution in [0, 0.1) is 22.7 Å². The zero-order valence-electron chi connectivity index (χ0n) is 25.8. The number of hydrogen-bond acceptors (Lipinski definition) is 2. The quantitative estimate of drug-likeness (QED) is 0.199. The van der Waals surface area contributed by atoms with Gasteiger partial charge in [-0.1, -0.05) is 97.1 Å². The van der Waals surface area contributed by atoms with E-state index in [0.29, 0.717) is 11.1 Å². The maximum absolute atomic E-state index is 9.87. The summed E-state index contributed by atoms with van der Waals surface area (Å²) in [4.78, 5) is 0. The van der Waals surface area contributed by atoms with E-state index in [2.05, 4.69) is 130 Å². The van der Waals surface area contributed by atoms with Gasteiger partial charge in [-0.3, -0.25) is 0 Å². The van der Waals surface area contributed by atoms with E-state index in [1.165, 1.54) is 21.8 Å². The van der Waals surface area contributed by atoms with Gasteiger partial charge in [0.1, 0.15) is 0 Å². The van der Waals surface area contributed by atoms with Crippen molar-refractivity contribution in [1.29, 1.82) is 10.5 Å². The number of hydrogen-bond donors (Lipinski definition) is 0. The maximum Gasteiger partial charge on any atom is 0.0992 e. The Balaban J connectivity index is 1.13. The van der Waals surface area contributed by atoms with E-state index >= 15 is 0 Å². The van der Waals surface area contributed by atoms with Crippen LogP contribution in [0.3, 0.4) is 0 Å². The molecule has 7 aromatic carbocycles. The molecule has 0 atom stereocenters. The van der Waals surface area contributed by atoms with E-state index < -0.39 is 0 Å². The lowest BCUT2D eigenvalue weighted by Gasteiger charge is -2.15. The normalized spacial score (nSPS) is 11.3. The number of aromatic nitrogens is 2. The van der Waals surface area contributed by atoms with Gasteiger partial charge in [-0.2, -0.15) is 10.5 Å². The Kier molecular flexibility index (Phi) is 6.22. The van der Waals surface area contributed by atoms with E-state index in [4.69, 9.17) is 0 Å². The highest BCUT2D eigenvalue weighted by molar-refractivity contribution is 6.11. The molecule has 4 nitrogen and oxygen atoms in total. The summed E-state index contributed by atoms with van der Waals surface area (Å²) in [5.74, 6) is 0. The first-order chi connectivity index (χ1) is 23.7. The summed E-state index contributed by atoms with van der Waals surface area (Å²) in [5.41, 5.74) is 12.0. The molecule has 0 aliphatic carbocycles. The highest BCUT2D eigenvalue weighted by atomic mass is 15.0. The smallest absolute Gasteiger partial charge is 0.0992 e. The molecule has 222 valence electrons. The monoisotopic (exact) mass is 610 g/mol. The molecule has 0 fully saturated rings. The Morgan fingerprint density at radius 3 is 1.44 bits per heavy atom. The van der Waals surface area contributed by atoms with Crippen LogP contribution < -0.4 is 0 Å². The lowest BCUT2D eigenvalue weighted by molar-refractivity contribution is 1.18. The molecule has 0 amide bonds. The zero-order valence-corrected chi connectivity index (χ0v) is 25.8. The van der Waals surface area contributed by atoms with Crippen molar-refractivity contribution in [2.45, 2.75) is 0 Å². The SMILES string of the molecule is N#Cc1ccc(-c2ccc(-c3ccc(-n4c5ccccc5c5ccccc54)cc3)cc2)c(-n2c3ccccc3c3cc(C#N)ccc32)c1. The number of fused-ring (bicyclic) bond motifs is 6. The fraction of sp³-hybridized carbons (Fsp3) is 0. The van der Waals surface area contributed by atoms with Gasteiger partial charge in [-0.05, 0) is 77.4 Å². The molecule has 2 heterocycles. The fourth-order valence-corrected chi connectivity index (χ4v) is 7.18. The number of benzene rings is 7. The van der Waals surface area contributed by atoms with Crippen molar-refractivity contribution in [2.24, 2.45) is 0 Å². The number of nitrogens with zero attached hydrogens (tertiary/aromatic N) is 4. The molecule has 4 heteroatoms. The summed E-state index contributed by atoms with van der Waals surface area (Å²) in [5, 5.41) is 24.0. The fourth-order valence-electron chi connectivity index (χ4n) is 7.18. The van der Waals surface area contributed by atoms with Crippen molar-refractivity contribution in [2.75, 3.05) is 0 Å². The zero-order chi connectivity index (χ0) is 32.2.